The number of fused-ring (bicyclic) bond motifs is 5. The van der Waals surface area contributed by atoms with Gasteiger partial charge in [-0.1, -0.05) is 0 Å². The highest BCUT2D eigenvalue weighted by Gasteiger charge is 2.23. The molecule has 0 radical (unpaired) electrons. The normalized spacial score (nSPS) is 14.5. The third-order valence-corrected chi connectivity index (χ3v) is 5.92. The smallest absolute Gasteiger partial charge is 0.192 e. The predicted octanol–water partition coefficient (Wildman–Crippen LogP) is 3.84. The zero-order chi connectivity index (χ0) is 17.7. The van der Waals surface area contributed by atoms with Crippen LogP contribution in [0.1, 0.15) is 41.3 Å². The van der Waals surface area contributed by atoms with Gasteiger partial charge in [-0.15, -0.1) is 16.4 Å². The summed E-state index contributed by atoms with van der Waals surface area (Å²) in [4.78, 5) is 11.8. The number of aromatic nitrogens is 4. The molecule has 4 aromatic rings. The van der Waals surface area contributed by atoms with Crippen LogP contribution in [0, 0.1) is 11.3 Å². The number of benzene rings is 1. The summed E-state index contributed by atoms with van der Waals surface area (Å²) in [6, 6.07) is 9.15. The Labute approximate surface area is 153 Å². The van der Waals surface area contributed by atoms with Gasteiger partial charge in [0.15, 0.2) is 17.6 Å². The number of hydrogen-bond donors (Lipinski definition) is 0. The monoisotopic (exact) mass is 361 g/mol. The maximum Gasteiger partial charge on any atom is 0.192 e. The van der Waals surface area contributed by atoms with Crippen molar-refractivity contribution >= 4 is 27.2 Å². The van der Waals surface area contributed by atoms with E-state index in [0.29, 0.717) is 17.1 Å². The van der Waals surface area contributed by atoms with Crippen LogP contribution in [-0.2, 0) is 12.8 Å². The molecule has 1 aliphatic rings. The van der Waals surface area contributed by atoms with Gasteiger partial charge in [-0.25, -0.2) is 14.5 Å². The van der Waals surface area contributed by atoms with E-state index in [0.717, 1.165) is 28.7 Å². The van der Waals surface area contributed by atoms with Crippen LogP contribution in [0.3, 0.4) is 0 Å². The number of rotatable bonds is 3. The van der Waals surface area contributed by atoms with Crippen molar-refractivity contribution in [1.29, 1.82) is 5.26 Å². The summed E-state index contributed by atoms with van der Waals surface area (Å²) in [5.74, 6) is 1.32. The van der Waals surface area contributed by atoms with E-state index in [-0.39, 0.29) is 6.10 Å². The molecule has 0 saturated carbocycles. The number of nitriles is 1. The van der Waals surface area contributed by atoms with Crippen LogP contribution in [0.25, 0.3) is 15.9 Å². The van der Waals surface area contributed by atoms with Crippen molar-refractivity contribution in [2.75, 3.05) is 0 Å². The third-order valence-electron chi connectivity index (χ3n) is 4.72. The Morgan fingerprint density at radius 1 is 1.27 bits per heavy atom. The van der Waals surface area contributed by atoms with E-state index in [1.807, 2.05) is 6.92 Å². The van der Waals surface area contributed by atoms with E-state index in [9.17, 15) is 0 Å². The highest BCUT2D eigenvalue weighted by atomic mass is 32.1. The average molecular weight is 361 g/mol. The Bertz CT molecular complexity index is 1170. The maximum atomic E-state index is 8.89. The fourth-order valence-electron chi connectivity index (χ4n) is 3.45. The third kappa shape index (κ3) is 2.34. The highest BCUT2D eigenvalue weighted by Crippen LogP contribution is 2.38. The molecule has 0 aliphatic heterocycles. The van der Waals surface area contributed by atoms with Crippen LogP contribution in [0.2, 0.25) is 0 Å². The lowest BCUT2D eigenvalue weighted by Crippen LogP contribution is -2.05. The molecule has 3 heterocycles. The van der Waals surface area contributed by atoms with Gasteiger partial charge in [0.05, 0.1) is 17.0 Å². The summed E-state index contributed by atoms with van der Waals surface area (Å²) in [7, 11) is 0. The number of hydrogen-bond acceptors (Lipinski definition) is 6. The maximum absolute atomic E-state index is 8.89. The second kappa shape index (κ2) is 5.78. The van der Waals surface area contributed by atoms with Crippen molar-refractivity contribution in [3.63, 3.8) is 0 Å². The molecule has 0 fully saturated rings. The molecule has 6 nitrogen and oxygen atoms in total. The lowest BCUT2D eigenvalue weighted by atomic mass is 10.2. The van der Waals surface area contributed by atoms with Crippen LogP contribution >= 0.6 is 11.3 Å². The molecule has 26 heavy (non-hydrogen) atoms. The van der Waals surface area contributed by atoms with Gasteiger partial charge in [0, 0.05) is 4.88 Å². The van der Waals surface area contributed by atoms with Crippen molar-refractivity contribution in [1.82, 2.24) is 19.6 Å². The van der Waals surface area contributed by atoms with Gasteiger partial charge in [-0.2, -0.15) is 5.26 Å². The Hall–Kier alpha value is -2.98. The van der Waals surface area contributed by atoms with Crippen molar-refractivity contribution in [3.8, 4) is 11.8 Å². The standard InChI is InChI=1S/C19H15N5OS/c1-11(25-13-7-5-12(9-20)6-8-13)17-22-18-16-14-3-2-4-15(14)26-19(16)21-10-24(18)23-17/h5-8,10-11H,2-4H2,1H3/t11-/m0/s1. The van der Waals surface area contributed by atoms with Crippen LogP contribution in [0.4, 0.5) is 0 Å². The van der Waals surface area contributed by atoms with Crippen LogP contribution in [-0.4, -0.2) is 19.6 Å². The van der Waals surface area contributed by atoms with Gasteiger partial charge in [-0.3, -0.25) is 0 Å². The predicted molar refractivity (Wildman–Crippen MR) is 98.4 cm³/mol. The van der Waals surface area contributed by atoms with Gasteiger partial charge in [0.1, 0.15) is 16.9 Å². The summed E-state index contributed by atoms with van der Waals surface area (Å²) in [6.45, 7) is 1.93. The second-order valence-electron chi connectivity index (χ2n) is 6.42. The van der Waals surface area contributed by atoms with Crippen LogP contribution < -0.4 is 4.74 Å². The summed E-state index contributed by atoms with van der Waals surface area (Å²) >= 11 is 1.78. The molecule has 0 N–H and O–H groups in total. The van der Waals surface area contributed by atoms with E-state index in [4.69, 9.17) is 15.0 Å². The minimum atomic E-state index is -0.301. The Balaban J connectivity index is 1.52. The molecule has 0 unspecified atom stereocenters. The minimum Gasteiger partial charge on any atom is -0.483 e. The van der Waals surface area contributed by atoms with Crippen molar-refractivity contribution < 1.29 is 4.74 Å². The van der Waals surface area contributed by atoms with Crippen molar-refractivity contribution in [2.45, 2.75) is 32.3 Å². The number of thiophene rings is 1. The Morgan fingerprint density at radius 2 is 2.12 bits per heavy atom. The topological polar surface area (TPSA) is 76.1 Å². The van der Waals surface area contributed by atoms with E-state index >= 15 is 0 Å². The molecular formula is C19H15N5OS. The summed E-state index contributed by atoms with van der Waals surface area (Å²) in [5.41, 5.74) is 2.86. The fraction of sp³-hybridized carbons (Fsp3) is 0.263. The molecule has 128 valence electrons. The van der Waals surface area contributed by atoms with E-state index in [1.165, 1.54) is 16.9 Å². The lowest BCUT2D eigenvalue weighted by Gasteiger charge is -2.11. The first-order chi connectivity index (χ1) is 12.7. The summed E-state index contributed by atoms with van der Waals surface area (Å²) in [5, 5.41) is 14.6. The fourth-order valence-corrected chi connectivity index (χ4v) is 4.67. The molecule has 0 spiro atoms. The quantitative estimate of drug-likeness (QED) is 0.554. The second-order valence-corrected chi connectivity index (χ2v) is 7.50. The first-order valence-electron chi connectivity index (χ1n) is 8.55. The van der Waals surface area contributed by atoms with E-state index in [1.54, 1.807) is 46.4 Å². The SMILES string of the molecule is C[C@H](Oc1ccc(C#N)cc1)c1nc2c3c4c(sc3ncn2n1)CCC4. The Morgan fingerprint density at radius 3 is 2.92 bits per heavy atom. The van der Waals surface area contributed by atoms with Gasteiger partial charge < -0.3 is 4.74 Å². The first kappa shape index (κ1) is 15.3. The molecule has 1 aromatic carbocycles. The van der Waals surface area contributed by atoms with Gasteiger partial charge in [0.2, 0.25) is 0 Å². The number of nitrogens with zero attached hydrogens (tertiary/aromatic N) is 5. The molecule has 3 aromatic heterocycles. The molecule has 7 heteroatoms. The lowest BCUT2D eigenvalue weighted by molar-refractivity contribution is 0.216. The van der Waals surface area contributed by atoms with Gasteiger partial charge in [-0.05, 0) is 56.0 Å². The van der Waals surface area contributed by atoms with Crippen molar-refractivity contribution in [3.05, 3.63) is 52.4 Å². The van der Waals surface area contributed by atoms with Crippen molar-refractivity contribution in [2.24, 2.45) is 0 Å². The molecule has 1 atom stereocenters. The molecule has 0 amide bonds. The van der Waals surface area contributed by atoms with Gasteiger partial charge in [0.25, 0.3) is 0 Å². The average Bonchev–Trinajstić information content (AvgIpc) is 3.35. The molecule has 0 saturated heterocycles. The molecular weight excluding hydrogens is 346 g/mol. The first-order valence-corrected chi connectivity index (χ1v) is 9.37. The number of ether oxygens (including phenoxy) is 1. The van der Waals surface area contributed by atoms with E-state index in [2.05, 4.69) is 16.2 Å². The van der Waals surface area contributed by atoms with E-state index < -0.39 is 0 Å². The summed E-state index contributed by atoms with van der Waals surface area (Å²) < 4.78 is 7.70. The Kier molecular flexibility index (Phi) is 3.40. The zero-order valence-corrected chi connectivity index (χ0v) is 15.0. The molecule has 0 bridgehead atoms. The van der Waals surface area contributed by atoms with Gasteiger partial charge >= 0.3 is 0 Å². The minimum absolute atomic E-state index is 0.301. The molecule has 1 aliphatic carbocycles. The molecule has 5 rings (SSSR count). The summed E-state index contributed by atoms with van der Waals surface area (Å²) in [6.07, 6.45) is 4.87. The zero-order valence-electron chi connectivity index (χ0n) is 14.1. The largest absolute Gasteiger partial charge is 0.483 e. The van der Waals surface area contributed by atoms with Crippen LogP contribution in [0.15, 0.2) is 30.6 Å². The highest BCUT2D eigenvalue weighted by molar-refractivity contribution is 7.19. The number of aryl methyl sites for hydroxylation is 2. The van der Waals surface area contributed by atoms with Crippen LogP contribution in [0.5, 0.6) is 5.75 Å².